The summed E-state index contributed by atoms with van der Waals surface area (Å²) >= 11 is 0. The molecule has 30 heavy (non-hydrogen) atoms. The summed E-state index contributed by atoms with van der Waals surface area (Å²) in [6.07, 6.45) is 7.59. The number of nitrogens with zero attached hydrogens (tertiary/aromatic N) is 4. The third-order valence-electron chi connectivity index (χ3n) is 7.37. The van der Waals surface area contributed by atoms with E-state index in [0.717, 1.165) is 62.9 Å². The van der Waals surface area contributed by atoms with E-state index < -0.39 is 0 Å². The molecular weight excluding hydrogens is 382 g/mol. The Morgan fingerprint density at radius 1 is 1.00 bits per heavy atom. The second kappa shape index (κ2) is 6.68. The van der Waals surface area contributed by atoms with Crippen LogP contribution in [-0.4, -0.2) is 49.3 Å². The van der Waals surface area contributed by atoms with Crippen molar-refractivity contribution < 1.29 is 9.59 Å². The molecule has 2 aromatic heterocycles. The summed E-state index contributed by atoms with van der Waals surface area (Å²) in [6.45, 7) is 1.77. The normalized spacial score (nSPS) is 24.2. The Bertz CT molecular complexity index is 1090. The van der Waals surface area contributed by atoms with Gasteiger partial charge in [-0.05, 0) is 38.5 Å². The van der Waals surface area contributed by atoms with Gasteiger partial charge in [-0.1, -0.05) is 6.42 Å². The van der Waals surface area contributed by atoms with E-state index in [1.54, 1.807) is 0 Å². The summed E-state index contributed by atoms with van der Waals surface area (Å²) < 4.78 is 1.50. The summed E-state index contributed by atoms with van der Waals surface area (Å²) in [7, 11) is 0. The van der Waals surface area contributed by atoms with E-state index >= 15 is 0 Å². The van der Waals surface area contributed by atoms with Crippen molar-refractivity contribution >= 4 is 17.5 Å². The van der Waals surface area contributed by atoms with Crippen LogP contribution in [0.15, 0.2) is 10.9 Å². The molecule has 0 spiro atoms. The van der Waals surface area contributed by atoms with Crippen LogP contribution in [0.2, 0.25) is 0 Å². The molecule has 0 bridgehead atoms. The fraction of sp³-hybridized carbons (Fsp3) is 0.636. The molecule has 4 heterocycles. The van der Waals surface area contributed by atoms with Gasteiger partial charge in [-0.25, -0.2) is 9.50 Å². The maximum Gasteiger partial charge on any atom is 0.277 e. The van der Waals surface area contributed by atoms with Gasteiger partial charge in [-0.3, -0.25) is 19.5 Å². The highest BCUT2D eigenvalue weighted by molar-refractivity contribution is 5.81. The number of amides is 2. The van der Waals surface area contributed by atoms with Gasteiger partial charge in [0.1, 0.15) is 0 Å². The standard InChI is InChI=1S/C22H27N5O3/c28-20(14-6-7-14)25-10-8-16-15(12-25)22(30)27-19(23-16)11-17(24-27)18-5-2-9-26(18)21(29)13-3-1-4-13/h11,13-14,18,24H,1-10,12H2/t18-/m1/s1. The molecule has 2 amide bonds. The van der Waals surface area contributed by atoms with E-state index in [4.69, 9.17) is 4.98 Å². The summed E-state index contributed by atoms with van der Waals surface area (Å²) in [4.78, 5) is 47.1. The number of hydrogen-bond acceptors (Lipinski definition) is 4. The molecule has 2 saturated carbocycles. The Kier molecular flexibility index (Phi) is 4.05. The van der Waals surface area contributed by atoms with E-state index in [2.05, 4.69) is 5.10 Å². The maximum atomic E-state index is 13.2. The molecule has 8 nitrogen and oxygen atoms in total. The van der Waals surface area contributed by atoms with Crippen LogP contribution >= 0.6 is 0 Å². The van der Waals surface area contributed by atoms with Crippen molar-refractivity contribution in [2.45, 2.75) is 64.0 Å². The van der Waals surface area contributed by atoms with Crippen molar-refractivity contribution in [3.63, 3.8) is 0 Å². The molecule has 2 aromatic rings. The first-order valence-corrected chi connectivity index (χ1v) is 11.3. The number of nitrogens with one attached hydrogen (secondary N) is 1. The Morgan fingerprint density at radius 3 is 2.53 bits per heavy atom. The first-order valence-electron chi connectivity index (χ1n) is 11.3. The van der Waals surface area contributed by atoms with Crippen molar-refractivity contribution in [1.82, 2.24) is 24.4 Å². The Balaban J connectivity index is 1.32. The number of hydrogen-bond donors (Lipinski definition) is 1. The molecule has 2 aliphatic heterocycles. The Hall–Kier alpha value is -2.64. The topological polar surface area (TPSA) is 90.8 Å². The third-order valence-corrected chi connectivity index (χ3v) is 7.37. The molecule has 0 unspecified atom stereocenters. The first kappa shape index (κ1) is 18.2. The second-order valence-electron chi connectivity index (χ2n) is 9.35. The predicted molar refractivity (Wildman–Crippen MR) is 109 cm³/mol. The van der Waals surface area contributed by atoms with Crippen LogP contribution in [0, 0.1) is 11.8 Å². The Morgan fingerprint density at radius 2 is 1.80 bits per heavy atom. The fourth-order valence-electron chi connectivity index (χ4n) is 5.19. The third kappa shape index (κ3) is 2.80. The van der Waals surface area contributed by atoms with Crippen LogP contribution in [0.5, 0.6) is 0 Å². The lowest BCUT2D eigenvalue weighted by molar-refractivity contribution is -0.139. The number of likely N-dealkylation sites (tertiary alicyclic amines) is 1. The van der Waals surface area contributed by atoms with Gasteiger partial charge in [-0.2, -0.15) is 0 Å². The van der Waals surface area contributed by atoms with E-state index in [1.807, 2.05) is 15.9 Å². The van der Waals surface area contributed by atoms with E-state index in [9.17, 15) is 14.4 Å². The molecule has 6 rings (SSSR count). The van der Waals surface area contributed by atoms with E-state index in [-0.39, 0.29) is 35.3 Å². The molecule has 0 radical (unpaired) electrons. The average molecular weight is 409 g/mol. The predicted octanol–water partition coefficient (Wildman–Crippen LogP) is 1.78. The monoisotopic (exact) mass is 409 g/mol. The van der Waals surface area contributed by atoms with Gasteiger partial charge in [0.05, 0.1) is 29.5 Å². The van der Waals surface area contributed by atoms with Crippen LogP contribution in [0.1, 0.15) is 67.9 Å². The summed E-state index contributed by atoms with van der Waals surface area (Å²) in [6, 6.07) is 1.92. The molecule has 1 atom stereocenters. The smallest absolute Gasteiger partial charge is 0.277 e. The average Bonchev–Trinajstić information content (AvgIpc) is 3.28. The van der Waals surface area contributed by atoms with Gasteiger partial charge in [-0.15, -0.1) is 0 Å². The minimum absolute atomic E-state index is 0.0100. The van der Waals surface area contributed by atoms with Crippen molar-refractivity contribution in [3.05, 3.63) is 33.4 Å². The highest BCUT2D eigenvalue weighted by Crippen LogP contribution is 2.37. The van der Waals surface area contributed by atoms with Crippen LogP contribution in [0.25, 0.3) is 5.65 Å². The zero-order valence-corrected chi connectivity index (χ0v) is 17.1. The van der Waals surface area contributed by atoms with Gasteiger partial charge in [0.2, 0.25) is 11.8 Å². The van der Waals surface area contributed by atoms with Crippen LogP contribution in [0.4, 0.5) is 0 Å². The number of carbonyl (C=O) groups is 2. The number of aromatic nitrogens is 3. The highest BCUT2D eigenvalue weighted by Gasteiger charge is 2.38. The second-order valence-corrected chi connectivity index (χ2v) is 9.35. The maximum absolute atomic E-state index is 13.2. The highest BCUT2D eigenvalue weighted by atomic mass is 16.2. The molecule has 3 fully saturated rings. The van der Waals surface area contributed by atoms with Gasteiger partial charge in [0, 0.05) is 37.4 Å². The van der Waals surface area contributed by atoms with Crippen molar-refractivity contribution in [1.29, 1.82) is 0 Å². The molecule has 1 saturated heterocycles. The number of H-pyrrole nitrogens is 1. The van der Waals surface area contributed by atoms with Gasteiger partial charge >= 0.3 is 0 Å². The number of rotatable bonds is 3. The minimum Gasteiger partial charge on any atom is -0.337 e. The number of fused-ring (bicyclic) bond motifs is 2. The van der Waals surface area contributed by atoms with Gasteiger partial charge in [0.25, 0.3) is 5.56 Å². The molecule has 2 aliphatic carbocycles. The van der Waals surface area contributed by atoms with Gasteiger partial charge in [0.15, 0.2) is 5.65 Å². The quantitative estimate of drug-likeness (QED) is 0.837. The Labute approximate surface area is 174 Å². The summed E-state index contributed by atoms with van der Waals surface area (Å²) in [5.74, 6) is 0.771. The lowest BCUT2D eigenvalue weighted by atomic mass is 9.84. The van der Waals surface area contributed by atoms with Crippen molar-refractivity contribution in [2.75, 3.05) is 13.1 Å². The van der Waals surface area contributed by atoms with Crippen LogP contribution < -0.4 is 5.56 Å². The van der Waals surface area contributed by atoms with E-state index in [1.165, 1.54) is 4.52 Å². The summed E-state index contributed by atoms with van der Waals surface area (Å²) in [5.41, 5.74) is 2.80. The summed E-state index contributed by atoms with van der Waals surface area (Å²) in [5, 5.41) is 3.24. The fourth-order valence-corrected chi connectivity index (χ4v) is 5.19. The zero-order valence-electron chi connectivity index (χ0n) is 17.1. The number of carbonyl (C=O) groups excluding carboxylic acids is 2. The molecule has 1 N–H and O–H groups in total. The largest absolute Gasteiger partial charge is 0.337 e. The van der Waals surface area contributed by atoms with Crippen molar-refractivity contribution in [3.8, 4) is 0 Å². The SMILES string of the molecule is O=C(C1CC1)N1CCc2nc3cc([C@H]4CCCN4C(=O)C4CCC4)[nH]n3c(=O)c2C1. The molecule has 4 aliphatic rings. The molecule has 8 heteroatoms. The lowest BCUT2D eigenvalue weighted by Crippen LogP contribution is -2.41. The van der Waals surface area contributed by atoms with Gasteiger partial charge < -0.3 is 9.80 Å². The van der Waals surface area contributed by atoms with Crippen molar-refractivity contribution in [2.24, 2.45) is 11.8 Å². The lowest BCUT2D eigenvalue weighted by Gasteiger charge is -2.32. The minimum atomic E-state index is -0.121. The number of aromatic amines is 1. The van der Waals surface area contributed by atoms with Crippen LogP contribution in [-0.2, 0) is 22.6 Å². The zero-order chi connectivity index (χ0) is 20.4. The molecular formula is C22H27N5O3. The molecule has 158 valence electrons. The van der Waals surface area contributed by atoms with Crippen LogP contribution in [0.3, 0.4) is 0 Å². The first-order chi connectivity index (χ1) is 14.6. The van der Waals surface area contributed by atoms with E-state index in [0.29, 0.717) is 30.7 Å². The molecule has 0 aromatic carbocycles.